The molecule has 5 nitrogen and oxygen atoms in total. The molecule has 0 bridgehead atoms. The van der Waals surface area contributed by atoms with Crippen LogP contribution in [0, 0.1) is 5.92 Å². The van der Waals surface area contributed by atoms with E-state index in [-0.39, 0.29) is 11.8 Å². The summed E-state index contributed by atoms with van der Waals surface area (Å²) in [5.74, 6) is 1.76. The van der Waals surface area contributed by atoms with Gasteiger partial charge in [0.15, 0.2) is 0 Å². The minimum Gasteiger partial charge on any atom is -0.497 e. The molecular weight excluding hydrogens is 458 g/mol. The number of benzene rings is 2. The largest absolute Gasteiger partial charge is 0.497 e. The molecule has 37 heavy (non-hydrogen) atoms. The average Bonchev–Trinajstić information content (AvgIpc) is 3.31. The van der Waals surface area contributed by atoms with Crippen LogP contribution >= 0.6 is 0 Å². The summed E-state index contributed by atoms with van der Waals surface area (Å²) in [6.45, 7) is 1.41. The predicted octanol–water partition coefficient (Wildman–Crippen LogP) is 6.51. The highest BCUT2D eigenvalue weighted by Crippen LogP contribution is 2.41. The van der Waals surface area contributed by atoms with E-state index in [9.17, 15) is 4.79 Å². The molecule has 1 aliphatic carbocycles. The number of amides is 1. The molecule has 0 saturated heterocycles. The van der Waals surface area contributed by atoms with Gasteiger partial charge in [0.05, 0.1) is 7.11 Å². The van der Waals surface area contributed by atoms with Crippen LogP contribution in [-0.4, -0.2) is 29.1 Å². The van der Waals surface area contributed by atoms with E-state index < -0.39 is 0 Å². The van der Waals surface area contributed by atoms with E-state index in [1.54, 1.807) is 13.3 Å². The zero-order chi connectivity index (χ0) is 25.5. The third-order valence-electron chi connectivity index (χ3n) is 7.78. The quantitative estimate of drug-likeness (QED) is 0.273. The number of aromatic nitrogens is 2. The van der Waals surface area contributed by atoms with Crippen LogP contribution in [0.4, 0.5) is 0 Å². The summed E-state index contributed by atoms with van der Waals surface area (Å²) < 4.78 is 7.68. The molecule has 4 aromatic rings. The second-order valence-electron chi connectivity index (χ2n) is 10.2. The van der Waals surface area contributed by atoms with E-state index in [2.05, 4.69) is 57.5 Å². The number of carbonyl (C=O) groups is 1. The Hall–Kier alpha value is -3.60. The van der Waals surface area contributed by atoms with Gasteiger partial charge in [0.25, 0.3) is 0 Å². The summed E-state index contributed by atoms with van der Waals surface area (Å²) >= 11 is 0. The number of ether oxygens (including phenoxy) is 1. The van der Waals surface area contributed by atoms with E-state index >= 15 is 0 Å². The molecule has 0 aliphatic heterocycles. The lowest BCUT2D eigenvalue weighted by molar-refractivity contribution is -0.121. The van der Waals surface area contributed by atoms with Crippen molar-refractivity contribution in [2.75, 3.05) is 13.7 Å². The van der Waals surface area contributed by atoms with Crippen LogP contribution in [-0.2, 0) is 17.8 Å². The lowest BCUT2D eigenvalue weighted by Gasteiger charge is -2.30. The van der Waals surface area contributed by atoms with Gasteiger partial charge in [-0.05, 0) is 66.1 Å². The van der Waals surface area contributed by atoms with Crippen LogP contribution in [0.5, 0.6) is 5.75 Å². The lowest BCUT2D eigenvalue weighted by atomic mass is 9.75. The molecule has 0 unspecified atom stereocenters. The molecule has 1 saturated carbocycles. The first-order valence-electron chi connectivity index (χ1n) is 13.6. The van der Waals surface area contributed by atoms with E-state index in [0.29, 0.717) is 18.9 Å². The highest BCUT2D eigenvalue weighted by atomic mass is 16.5. The Kier molecular flexibility index (Phi) is 8.19. The zero-order valence-corrected chi connectivity index (χ0v) is 21.7. The number of nitrogens with zero attached hydrogens (tertiary/aromatic N) is 2. The number of nitrogens with one attached hydrogen (secondary N) is 1. The van der Waals surface area contributed by atoms with E-state index in [0.717, 1.165) is 24.4 Å². The number of para-hydroxylation sites is 1. The molecule has 2 heterocycles. The molecule has 1 aliphatic rings. The first-order chi connectivity index (χ1) is 18.2. The smallest absolute Gasteiger partial charge is 0.220 e. The van der Waals surface area contributed by atoms with Crippen LogP contribution in [0.3, 0.4) is 0 Å². The van der Waals surface area contributed by atoms with Crippen LogP contribution in [0.2, 0.25) is 0 Å². The van der Waals surface area contributed by atoms with Crippen molar-refractivity contribution in [1.29, 1.82) is 0 Å². The summed E-state index contributed by atoms with van der Waals surface area (Å²) in [7, 11) is 1.70. The van der Waals surface area contributed by atoms with Crippen molar-refractivity contribution in [3.63, 3.8) is 0 Å². The molecule has 2 aromatic heterocycles. The number of carbonyl (C=O) groups excluding carboxylic acids is 1. The molecule has 1 N–H and O–H groups in total. The molecule has 0 radical (unpaired) electrons. The highest BCUT2D eigenvalue weighted by molar-refractivity contribution is 5.86. The van der Waals surface area contributed by atoms with Crippen LogP contribution in [0.25, 0.3) is 10.9 Å². The van der Waals surface area contributed by atoms with Gasteiger partial charge in [-0.1, -0.05) is 55.7 Å². The van der Waals surface area contributed by atoms with Crippen molar-refractivity contribution >= 4 is 16.8 Å². The molecule has 2 aromatic carbocycles. The van der Waals surface area contributed by atoms with Crippen molar-refractivity contribution in [1.82, 2.24) is 14.9 Å². The second kappa shape index (κ2) is 12.1. The monoisotopic (exact) mass is 495 g/mol. The molecular formula is C32H37N3O2. The first-order valence-corrected chi connectivity index (χ1v) is 13.6. The number of methoxy groups -OCH3 is 1. The predicted molar refractivity (Wildman–Crippen MR) is 149 cm³/mol. The van der Waals surface area contributed by atoms with Gasteiger partial charge in [0.2, 0.25) is 5.91 Å². The number of hydrogen-bond donors (Lipinski definition) is 1. The maximum atomic E-state index is 13.2. The van der Waals surface area contributed by atoms with E-state index in [1.807, 2.05) is 30.3 Å². The topological polar surface area (TPSA) is 56.1 Å². The molecule has 1 atom stereocenters. The summed E-state index contributed by atoms with van der Waals surface area (Å²) in [6.07, 6.45) is 11.6. The fourth-order valence-corrected chi connectivity index (χ4v) is 5.84. The minimum absolute atomic E-state index is 0.137. The van der Waals surface area contributed by atoms with Crippen molar-refractivity contribution < 1.29 is 9.53 Å². The molecule has 1 fully saturated rings. The Labute approximate surface area is 219 Å². The Balaban J connectivity index is 1.38. The molecule has 5 heteroatoms. The second-order valence-corrected chi connectivity index (χ2v) is 10.2. The van der Waals surface area contributed by atoms with Crippen molar-refractivity contribution in [3.05, 3.63) is 95.9 Å². The van der Waals surface area contributed by atoms with Gasteiger partial charge >= 0.3 is 0 Å². The van der Waals surface area contributed by atoms with Gasteiger partial charge in [-0.3, -0.25) is 9.78 Å². The zero-order valence-electron chi connectivity index (χ0n) is 21.7. The number of hydrogen-bond acceptors (Lipinski definition) is 3. The summed E-state index contributed by atoms with van der Waals surface area (Å²) in [5.41, 5.74) is 4.78. The lowest BCUT2D eigenvalue weighted by Crippen LogP contribution is -2.29. The molecule has 192 valence electrons. The van der Waals surface area contributed by atoms with Crippen LogP contribution < -0.4 is 10.1 Å². The summed E-state index contributed by atoms with van der Waals surface area (Å²) in [5, 5.41) is 4.45. The number of pyridine rings is 1. The van der Waals surface area contributed by atoms with Gasteiger partial charge < -0.3 is 14.6 Å². The molecule has 1 amide bonds. The van der Waals surface area contributed by atoms with Crippen LogP contribution in [0.1, 0.15) is 61.3 Å². The summed E-state index contributed by atoms with van der Waals surface area (Å²) in [6, 6.07) is 22.9. The standard InChI is InChI=1S/C32H37N3O2/c1-37-27-16-14-24(15-17-27)22-35-23-30(28-12-5-6-13-31(28)35)29(25-9-3-2-4-10-25)21-32(36)34-20-18-26-11-7-8-19-33-26/h5-8,11-17,19,23,25,29H,2-4,9-10,18,20-22H2,1H3,(H,34,36)/t29-/m1/s1. The minimum atomic E-state index is 0.137. The van der Waals surface area contributed by atoms with Gasteiger partial charge in [-0.2, -0.15) is 0 Å². The Morgan fingerprint density at radius 1 is 1.03 bits per heavy atom. The maximum Gasteiger partial charge on any atom is 0.220 e. The third-order valence-corrected chi connectivity index (χ3v) is 7.78. The normalized spacial score (nSPS) is 14.9. The SMILES string of the molecule is COc1ccc(Cn2cc([C@H](CC(=O)NCCc3ccccn3)C3CCCCC3)c3ccccc32)cc1. The first kappa shape index (κ1) is 25.1. The van der Waals surface area contributed by atoms with Crippen molar-refractivity contribution in [2.45, 2.75) is 57.4 Å². The highest BCUT2D eigenvalue weighted by Gasteiger charge is 2.29. The molecule has 0 spiro atoms. The van der Waals surface area contributed by atoms with Gasteiger partial charge in [0, 0.05) is 54.9 Å². The third kappa shape index (κ3) is 6.22. The summed E-state index contributed by atoms with van der Waals surface area (Å²) in [4.78, 5) is 17.6. The Morgan fingerprint density at radius 2 is 1.81 bits per heavy atom. The Bertz CT molecular complexity index is 1290. The van der Waals surface area contributed by atoms with Gasteiger partial charge in [-0.15, -0.1) is 0 Å². The van der Waals surface area contributed by atoms with Crippen molar-refractivity contribution in [3.8, 4) is 5.75 Å². The fraction of sp³-hybridized carbons (Fsp3) is 0.375. The van der Waals surface area contributed by atoms with Crippen LogP contribution in [0.15, 0.2) is 79.1 Å². The fourth-order valence-electron chi connectivity index (χ4n) is 5.84. The van der Waals surface area contributed by atoms with Gasteiger partial charge in [0.1, 0.15) is 5.75 Å². The average molecular weight is 496 g/mol. The maximum absolute atomic E-state index is 13.2. The van der Waals surface area contributed by atoms with Crippen molar-refractivity contribution in [2.24, 2.45) is 5.92 Å². The number of fused-ring (bicyclic) bond motifs is 1. The number of rotatable bonds is 10. The molecule has 5 rings (SSSR count). The van der Waals surface area contributed by atoms with E-state index in [4.69, 9.17) is 4.74 Å². The van der Waals surface area contributed by atoms with Gasteiger partial charge in [-0.25, -0.2) is 0 Å². The van der Waals surface area contributed by atoms with E-state index in [1.165, 1.54) is 54.1 Å². The Morgan fingerprint density at radius 3 is 2.57 bits per heavy atom.